The molecule has 2 aromatic rings. The van der Waals surface area contributed by atoms with Crippen LogP contribution in [0.2, 0.25) is 0 Å². The van der Waals surface area contributed by atoms with Crippen LogP contribution < -0.4 is 24.4 Å². The van der Waals surface area contributed by atoms with Crippen molar-refractivity contribution in [2.24, 2.45) is 5.92 Å². The number of hydrogen-bond acceptors (Lipinski definition) is 6. The van der Waals surface area contributed by atoms with E-state index in [1.165, 1.54) is 12.1 Å². The van der Waals surface area contributed by atoms with Crippen LogP contribution in [0.15, 0.2) is 47.4 Å². The van der Waals surface area contributed by atoms with E-state index in [1.54, 1.807) is 43.0 Å². The molecule has 4 rings (SSSR count). The fourth-order valence-electron chi connectivity index (χ4n) is 3.93. The lowest BCUT2D eigenvalue weighted by atomic mass is 10.0. The van der Waals surface area contributed by atoms with E-state index in [0.717, 1.165) is 6.42 Å². The highest BCUT2D eigenvalue weighted by atomic mass is 32.2. The van der Waals surface area contributed by atoms with Gasteiger partial charge < -0.3 is 19.7 Å². The maximum atomic E-state index is 13.1. The Morgan fingerprint density at radius 2 is 1.79 bits per heavy atom. The first kappa shape index (κ1) is 24.0. The molecule has 2 N–H and O–H groups in total. The predicted octanol–water partition coefficient (Wildman–Crippen LogP) is 2.92. The van der Waals surface area contributed by atoms with Crippen molar-refractivity contribution in [3.8, 4) is 11.5 Å². The number of benzene rings is 2. The molecule has 0 aromatic heterocycles. The predicted molar refractivity (Wildman–Crippen MR) is 128 cm³/mol. The van der Waals surface area contributed by atoms with Crippen molar-refractivity contribution < 1.29 is 27.5 Å². The SMILES string of the molecule is CC(C)C(NS(=O)(=O)c1ccc2c(c1)OCCCO2)C(=O)Nc1cccc(N2CCCC2=O)c1. The van der Waals surface area contributed by atoms with Gasteiger partial charge in [-0.3, -0.25) is 9.59 Å². The monoisotopic (exact) mass is 487 g/mol. The molecule has 0 radical (unpaired) electrons. The van der Waals surface area contributed by atoms with Crippen molar-refractivity contribution in [3.63, 3.8) is 0 Å². The Kier molecular flexibility index (Phi) is 7.08. The van der Waals surface area contributed by atoms with Gasteiger partial charge in [-0.15, -0.1) is 0 Å². The molecular formula is C24H29N3O6S. The quantitative estimate of drug-likeness (QED) is 0.621. The summed E-state index contributed by atoms with van der Waals surface area (Å²) in [6.07, 6.45) is 2.01. The van der Waals surface area contributed by atoms with Crippen LogP contribution in [0.25, 0.3) is 0 Å². The minimum absolute atomic E-state index is 0.00950. The summed E-state index contributed by atoms with van der Waals surface area (Å²) < 4.78 is 39.9. The summed E-state index contributed by atoms with van der Waals surface area (Å²) in [7, 11) is -4.02. The Labute approximate surface area is 199 Å². The zero-order valence-corrected chi connectivity index (χ0v) is 20.1. The van der Waals surface area contributed by atoms with Crippen LogP contribution in [-0.2, 0) is 19.6 Å². The Balaban J connectivity index is 1.50. The molecule has 2 heterocycles. The van der Waals surface area contributed by atoms with Gasteiger partial charge in [0, 0.05) is 36.8 Å². The number of anilines is 2. The highest BCUT2D eigenvalue weighted by molar-refractivity contribution is 7.89. The maximum absolute atomic E-state index is 13.1. The molecular weight excluding hydrogens is 458 g/mol. The molecule has 182 valence electrons. The summed E-state index contributed by atoms with van der Waals surface area (Å²) in [6.45, 7) is 5.10. The van der Waals surface area contributed by atoms with E-state index in [4.69, 9.17) is 9.47 Å². The fraction of sp³-hybridized carbons (Fsp3) is 0.417. The zero-order valence-electron chi connectivity index (χ0n) is 19.2. The van der Waals surface area contributed by atoms with Gasteiger partial charge >= 0.3 is 0 Å². The molecule has 2 aliphatic heterocycles. The number of carbonyl (C=O) groups excluding carboxylic acids is 2. The fourth-order valence-corrected chi connectivity index (χ4v) is 5.29. The van der Waals surface area contributed by atoms with Crippen molar-refractivity contribution in [1.29, 1.82) is 0 Å². The van der Waals surface area contributed by atoms with Crippen molar-refractivity contribution in [1.82, 2.24) is 4.72 Å². The van der Waals surface area contributed by atoms with Crippen LogP contribution in [-0.4, -0.2) is 46.0 Å². The van der Waals surface area contributed by atoms with Gasteiger partial charge in [-0.25, -0.2) is 8.42 Å². The minimum Gasteiger partial charge on any atom is -0.490 e. The van der Waals surface area contributed by atoms with Gasteiger partial charge in [0.15, 0.2) is 11.5 Å². The molecule has 2 aromatic carbocycles. The molecule has 1 fully saturated rings. The molecule has 1 unspecified atom stereocenters. The van der Waals surface area contributed by atoms with Crippen LogP contribution in [0, 0.1) is 5.92 Å². The number of sulfonamides is 1. The van der Waals surface area contributed by atoms with Gasteiger partial charge in [-0.2, -0.15) is 4.72 Å². The number of rotatable bonds is 7. The standard InChI is InChI=1S/C24H29N3O6S/c1-16(2)23(24(29)25-17-6-3-7-18(14-17)27-11-4-8-22(27)28)26-34(30,31)19-9-10-20-21(15-19)33-13-5-12-32-20/h3,6-7,9-10,14-16,23,26H,4-5,8,11-13H2,1-2H3,(H,25,29). The van der Waals surface area contributed by atoms with Crippen molar-refractivity contribution in [2.45, 2.75) is 44.0 Å². The Morgan fingerprint density at radius 3 is 2.50 bits per heavy atom. The molecule has 9 nitrogen and oxygen atoms in total. The molecule has 10 heteroatoms. The van der Waals surface area contributed by atoms with Crippen LogP contribution in [0.3, 0.4) is 0 Å². The first-order valence-electron chi connectivity index (χ1n) is 11.4. The first-order chi connectivity index (χ1) is 16.2. The summed E-state index contributed by atoms with van der Waals surface area (Å²) >= 11 is 0. The number of nitrogens with zero attached hydrogens (tertiary/aromatic N) is 1. The molecule has 1 saturated heterocycles. The summed E-state index contributed by atoms with van der Waals surface area (Å²) in [5.41, 5.74) is 1.19. The van der Waals surface area contributed by atoms with Crippen LogP contribution in [0.5, 0.6) is 11.5 Å². The molecule has 0 saturated carbocycles. The van der Waals surface area contributed by atoms with Gasteiger partial charge in [0.1, 0.15) is 6.04 Å². The Hall–Kier alpha value is -3.11. The zero-order chi connectivity index (χ0) is 24.3. The van der Waals surface area contributed by atoms with E-state index < -0.39 is 22.0 Å². The highest BCUT2D eigenvalue weighted by Gasteiger charge is 2.30. The third kappa shape index (κ3) is 5.34. The van der Waals surface area contributed by atoms with Crippen molar-refractivity contribution in [2.75, 3.05) is 30.0 Å². The average molecular weight is 488 g/mol. The number of nitrogens with one attached hydrogen (secondary N) is 2. The summed E-state index contributed by atoms with van der Waals surface area (Å²) in [4.78, 5) is 26.8. The van der Waals surface area contributed by atoms with E-state index in [-0.39, 0.29) is 16.7 Å². The third-order valence-electron chi connectivity index (χ3n) is 5.76. The second-order valence-electron chi connectivity index (χ2n) is 8.69. The molecule has 1 atom stereocenters. The van der Waals surface area contributed by atoms with Crippen LogP contribution in [0.4, 0.5) is 11.4 Å². The molecule has 0 spiro atoms. The van der Waals surface area contributed by atoms with Gasteiger partial charge in [-0.05, 0) is 42.7 Å². The average Bonchev–Trinajstić information content (AvgIpc) is 3.09. The smallest absolute Gasteiger partial charge is 0.242 e. The number of hydrogen-bond donors (Lipinski definition) is 2. The highest BCUT2D eigenvalue weighted by Crippen LogP contribution is 2.32. The van der Waals surface area contributed by atoms with E-state index in [9.17, 15) is 18.0 Å². The second-order valence-corrected chi connectivity index (χ2v) is 10.4. The number of amides is 2. The largest absolute Gasteiger partial charge is 0.490 e. The maximum Gasteiger partial charge on any atom is 0.242 e. The lowest BCUT2D eigenvalue weighted by molar-refractivity contribution is -0.118. The number of fused-ring (bicyclic) bond motifs is 1. The van der Waals surface area contributed by atoms with E-state index >= 15 is 0 Å². The van der Waals surface area contributed by atoms with Crippen molar-refractivity contribution in [3.05, 3.63) is 42.5 Å². The first-order valence-corrected chi connectivity index (χ1v) is 12.9. The second kappa shape index (κ2) is 10.0. The summed E-state index contributed by atoms with van der Waals surface area (Å²) in [5, 5.41) is 2.79. The van der Waals surface area contributed by atoms with Gasteiger partial charge in [0.25, 0.3) is 0 Å². The third-order valence-corrected chi connectivity index (χ3v) is 7.20. The topological polar surface area (TPSA) is 114 Å². The van der Waals surface area contributed by atoms with Gasteiger partial charge in [-0.1, -0.05) is 19.9 Å². The Morgan fingerprint density at radius 1 is 1.03 bits per heavy atom. The van der Waals surface area contributed by atoms with Gasteiger partial charge in [0.05, 0.1) is 18.1 Å². The van der Waals surface area contributed by atoms with Gasteiger partial charge in [0.2, 0.25) is 21.8 Å². The molecule has 2 amide bonds. The summed E-state index contributed by atoms with van der Waals surface area (Å²) in [6, 6.07) is 10.4. The van der Waals surface area contributed by atoms with E-state index in [2.05, 4.69) is 10.0 Å². The lowest BCUT2D eigenvalue weighted by Gasteiger charge is -2.22. The van der Waals surface area contributed by atoms with E-state index in [1.807, 2.05) is 6.07 Å². The minimum atomic E-state index is -4.02. The van der Waals surface area contributed by atoms with Crippen LogP contribution >= 0.6 is 0 Å². The number of ether oxygens (including phenoxy) is 2. The lowest BCUT2D eigenvalue weighted by Crippen LogP contribution is -2.47. The normalized spacial score (nSPS) is 16.9. The molecule has 0 aliphatic carbocycles. The number of carbonyl (C=O) groups is 2. The summed E-state index contributed by atoms with van der Waals surface area (Å²) in [5.74, 6) is 0.0907. The van der Waals surface area contributed by atoms with Crippen molar-refractivity contribution >= 4 is 33.2 Å². The molecule has 34 heavy (non-hydrogen) atoms. The Bertz CT molecular complexity index is 1180. The van der Waals surface area contributed by atoms with Crippen LogP contribution in [0.1, 0.15) is 33.1 Å². The molecule has 2 aliphatic rings. The van der Waals surface area contributed by atoms with E-state index in [0.29, 0.717) is 55.5 Å². The molecule has 0 bridgehead atoms.